The lowest BCUT2D eigenvalue weighted by Gasteiger charge is -2.24. The van der Waals surface area contributed by atoms with E-state index in [1.807, 2.05) is 12.1 Å². The van der Waals surface area contributed by atoms with Gasteiger partial charge < -0.3 is 9.47 Å². The number of allylic oxidation sites excluding steroid dienone is 2. The standard InChI is InChI=1S/C11H15NO3/c1-8(13)15-11(7-12)9-3-5-10(14-2)6-4-9/h5,9,11H,3-4,6H2,1-2H3. The van der Waals surface area contributed by atoms with Gasteiger partial charge in [-0.2, -0.15) is 5.26 Å². The van der Waals surface area contributed by atoms with E-state index in [1.54, 1.807) is 7.11 Å². The van der Waals surface area contributed by atoms with Crippen molar-refractivity contribution in [2.75, 3.05) is 7.11 Å². The molecule has 0 aromatic rings. The van der Waals surface area contributed by atoms with Gasteiger partial charge in [0.15, 0.2) is 6.10 Å². The monoisotopic (exact) mass is 209 g/mol. The summed E-state index contributed by atoms with van der Waals surface area (Å²) in [6.07, 6.45) is 3.69. The average Bonchev–Trinajstić information content (AvgIpc) is 2.26. The second kappa shape index (κ2) is 5.40. The molecule has 0 spiro atoms. The number of nitriles is 1. The van der Waals surface area contributed by atoms with Crippen LogP contribution < -0.4 is 0 Å². The Labute approximate surface area is 89.5 Å². The summed E-state index contributed by atoms with van der Waals surface area (Å²) in [6.45, 7) is 1.32. The van der Waals surface area contributed by atoms with Gasteiger partial charge in [0, 0.05) is 19.3 Å². The normalized spacial score (nSPS) is 22.2. The Kier molecular flexibility index (Phi) is 4.17. The number of esters is 1. The molecule has 0 aromatic heterocycles. The predicted octanol–water partition coefficient (Wildman–Crippen LogP) is 1.77. The van der Waals surface area contributed by atoms with Gasteiger partial charge in [-0.25, -0.2) is 0 Å². The van der Waals surface area contributed by atoms with Gasteiger partial charge in [0.1, 0.15) is 6.07 Å². The summed E-state index contributed by atoms with van der Waals surface area (Å²) in [7, 11) is 1.64. The number of hydrogen-bond donors (Lipinski definition) is 0. The van der Waals surface area contributed by atoms with E-state index in [0.29, 0.717) is 0 Å². The maximum absolute atomic E-state index is 10.8. The molecule has 0 heterocycles. The summed E-state index contributed by atoms with van der Waals surface area (Å²) in [5.74, 6) is 0.645. The lowest BCUT2D eigenvalue weighted by molar-refractivity contribution is -0.146. The molecule has 4 nitrogen and oxygen atoms in total. The largest absolute Gasteiger partial charge is 0.501 e. The summed E-state index contributed by atoms with van der Waals surface area (Å²) in [4.78, 5) is 10.8. The highest BCUT2D eigenvalue weighted by molar-refractivity contribution is 5.66. The molecule has 4 heteroatoms. The number of carbonyl (C=O) groups is 1. The number of rotatable bonds is 3. The summed E-state index contributed by atoms with van der Waals surface area (Å²) in [6, 6.07) is 2.02. The fraction of sp³-hybridized carbons (Fsp3) is 0.636. The molecule has 0 bridgehead atoms. The number of methoxy groups -OCH3 is 1. The second-order valence-electron chi connectivity index (χ2n) is 3.57. The van der Waals surface area contributed by atoms with Crippen molar-refractivity contribution in [2.24, 2.45) is 5.92 Å². The van der Waals surface area contributed by atoms with Gasteiger partial charge in [0.05, 0.1) is 12.9 Å². The van der Waals surface area contributed by atoms with Crippen LogP contribution in [0.3, 0.4) is 0 Å². The van der Waals surface area contributed by atoms with Gasteiger partial charge in [-0.05, 0) is 18.9 Å². The lowest BCUT2D eigenvalue weighted by Crippen LogP contribution is -2.26. The van der Waals surface area contributed by atoms with Crippen molar-refractivity contribution in [1.29, 1.82) is 5.26 Å². The molecule has 2 unspecified atom stereocenters. The number of ether oxygens (including phenoxy) is 2. The Balaban J connectivity index is 2.54. The Bertz CT molecular complexity index is 303. The van der Waals surface area contributed by atoms with E-state index in [1.165, 1.54) is 6.92 Å². The molecule has 0 amide bonds. The first kappa shape index (κ1) is 11.6. The molecule has 0 fully saturated rings. The number of hydrogen-bond acceptors (Lipinski definition) is 4. The highest BCUT2D eigenvalue weighted by atomic mass is 16.5. The lowest BCUT2D eigenvalue weighted by atomic mass is 9.89. The first-order valence-electron chi connectivity index (χ1n) is 4.97. The van der Waals surface area contributed by atoms with Crippen LogP contribution in [0.5, 0.6) is 0 Å². The Morgan fingerprint density at radius 3 is 2.87 bits per heavy atom. The van der Waals surface area contributed by atoms with Crippen molar-refractivity contribution < 1.29 is 14.3 Å². The third-order valence-corrected chi connectivity index (χ3v) is 2.52. The Morgan fingerprint density at radius 1 is 1.73 bits per heavy atom. The first-order valence-corrected chi connectivity index (χ1v) is 4.97. The molecule has 15 heavy (non-hydrogen) atoms. The summed E-state index contributed by atoms with van der Waals surface area (Å²) < 4.78 is 10.0. The van der Waals surface area contributed by atoms with Crippen LogP contribution in [0.15, 0.2) is 11.8 Å². The van der Waals surface area contributed by atoms with Gasteiger partial charge in [-0.1, -0.05) is 0 Å². The van der Waals surface area contributed by atoms with Crippen LogP contribution in [-0.2, 0) is 14.3 Å². The van der Waals surface area contributed by atoms with E-state index in [-0.39, 0.29) is 5.92 Å². The van der Waals surface area contributed by atoms with Gasteiger partial charge in [0.25, 0.3) is 0 Å². The van der Waals surface area contributed by atoms with Gasteiger partial charge in [-0.3, -0.25) is 4.79 Å². The Morgan fingerprint density at radius 2 is 2.47 bits per heavy atom. The molecular weight excluding hydrogens is 194 g/mol. The van der Waals surface area contributed by atoms with Gasteiger partial charge >= 0.3 is 5.97 Å². The zero-order valence-electron chi connectivity index (χ0n) is 9.03. The third-order valence-electron chi connectivity index (χ3n) is 2.52. The van der Waals surface area contributed by atoms with E-state index in [0.717, 1.165) is 25.0 Å². The fourth-order valence-electron chi connectivity index (χ4n) is 1.70. The fourth-order valence-corrected chi connectivity index (χ4v) is 1.70. The van der Waals surface area contributed by atoms with Gasteiger partial charge in [0.2, 0.25) is 0 Å². The molecule has 0 aromatic carbocycles. The maximum Gasteiger partial charge on any atom is 0.303 e. The highest BCUT2D eigenvalue weighted by Gasteiger charge is 2.26. The molecule has 0 N–H and O–H groups in total. The molecule has 0 radical (unpaired) electrons. The zero-order valence-corrected chi connectivity index (χ0v) is 9.03. The maximum atomic E-state index is 10.8. The van der Waals surface area contributed by atoms with Crippen molar-refractivity contribution in [3.8, 4) is 6.07 Å². The minimum absolute atomic E-state index is 0.0952. The Hall–Kier alpha value is -1.50. The van der Waals surface area contributed by atoms with E-state index in [4.69, 9.17) is 14.7 Å². The van der Waals surface area contributed by atoms with Crippen molar-refractivity contribution in [1.82, 2.24) is 0 Å². The van der Waals surface area contributed by atoms with Gasteiger partial charge in [-0.15, -0.1) is 0 Å². The zero-order chi connectivity index (χ0) is 11.3. The molecule has 1 aliphatic carbocycles. The molecular formula is C11H15NO3. The van der Waals surface area contributed by atoms with Crippen molar-refractivity contribution in [3.63, 3.8) is 0 Å². The smallest absolute Gasteiger partial charge is 0.303 e. The molecule has 1 aliphatic rings. The van der Waals surface area contributed by atoms with E-state index < -0.39 is 12.1 Å². The van der Waals surface area contributed by atoms with E-state index >= 15 is 0 Å². The summed E-state index contributed by atoms with van der Waals surface area (Å²) >= 11 is 0. The molecule has 0 saturated heterocycles. The summed E-state index contributed by atoms with van der Waals surface area (Å²) in [5, 5.41) is 8.87. The minimum Gasteiger partial charge on any atom is -0.501 e. The molecule has 2 atom stereocenters. The highest BCUT2D eigenvalue weighted by Crippen LogP contribution is 2.27. The van der Waals surface area contributed by atoms with Crippen LogP contribution in [0.2, 0.25) is 0 Å². The summed E-state index contributed by atoms with van der Waals surface area (Å²) in [5.41, 5.74) is 0. The molecule has 0 saturated carbocycles. The molecule has 1 rings (SSSR count). The van der Waals surface area contributed by atoms with E-state index in [9.17, 15) is 4.79 Å². The topological polar surface area (TPSA) is 59.3 Å². The van der Waals surface area contributed by atoms with Crippen LogP contribution in [-0.4, -0.2) is 19.2 Å². The van der Waals surface area contributed by atoms with Crippen LogP contribution in [0.4, 0.5) is 0 Å². The predicted molar refractivity (Wildman–Crippen MR) is 53.6 cm³/mol. The molecule has 82 valence electrons. The quantitative estimate of drug-likeness (QED) is 0.665. The van der Waals surface area contributed by atoms with Crippen molar-refractivity contribution >= 4 is 5.97 Å². The molecule has 0 aliphatic heterocycles. The third kappa shape index (κ3) is 3.28. The minimum atomic E-state index is -0.628. The van der Waals surface area contributed by atoms with Crippen LogP contribution >= 0.6 is 0 Å². The average molecular weight is 209 g/mol. The SMILES string of the molecule is COC1=CCC(C(C#N)OC(C)=O)CC1. The number of nitrogens with zero attached hydrogens (tertiary/aromatic N) is 1. The van der Waals surface area contributed by atoms with E-state index in [2.05, 4.69) is 0 Å². The first-order chi connectivity index (χ1) is 7.17. The number of carbonyl (C=O) groups excluding carboxylic acids is 1. The van der Waals surface area contributed by atoms with Crippen LogP contribution in [0, 0.1) is 17.2 Å². The van der Waals surface area contributed by atoms with Crippen LogP contribution in [0.25, 0.3) is 0 Å². The van der Waals surface area contributed by atoms with Crippen molar-refractivity contribution in [2.45, 2.75) is 32.3 Å². The van der Waals surface area contributed by atoms with Crippen molar-refractivity contribution in [3.05, 3.63) is 11.8 Å². The van der Waals surface area contributed by atoms with Crippen LogP contribution in [0.1, 0.15) is 26.2 Å². The second-order valence-corrected chi connectivity index (χ2v) is 3.57.